The van der Waals surface area contributed by atoms with Crippen LogP contribution in [0.5, 0.6) is 11.6 Å². The third-order valence-corrected chi connectivity index (χ3v) is 4.67. The van der Waals surface area contributed by atoms with Gasteiger partial charge >= 0.3 is 6.55 Å². The third kappa shape index (κ3) is 4.36. The van der Waals surface area contributed by atoms with E-state index in [0.29, 0.717) is 37.4 Å². The Kier molecular flexibility index (Phi) is 6.83. The summed E-state index contributed by atoms with van der Waals surface area (Å²) >= 11 is 6.26. The summed E-state index contributed by atoms with van der Waals surface area (Å²) in [5, 5.41) is -0.0676. The van der Waals surface area contributed by atoms with Crippen LogP contribution < -0.4 is 14.4 Å². The van der Waals surface area contributed by atoms with Crippen LogP contribution in [0, 0.1) is 5.82 Å². The summed E-state index contributed by atoms with van der Waals surface area (Å²) in [4.78, 5) is 22.0. The minimum absolute atomic E-state index is 0.0665. The lowest BCUT2D eigenvalue weighted by Gasteiger charge is -2.28. The molecule has 0 N–H and O–H groups in total. The highest BCUT2D eigenvalue weighted by molar-refractivity contribution is 6.34. The summed E-state index contributed by atoms with van der Waals surface area (Å²) in [6.07, 6.45) is 0.709. The molecule has 0 saturated carbocycles. The number of halogens is 4. The van der Waals surface area contributed by atoms with Gasteiger partial charge in [-0.25, -0.2) is 9.88 Å². The highest BCUT2D eigenvalue weighted by Crippen LogP contribution is 2.39. The van der Waals surface area contributed by atoms with E-state index in [0.717, 1.165) is 13.2 Å². The Morgan fingerprint density at radius 1 is 1.27 bits per heavy atom. The second-order valence-corrected chi connectivity index (χ2v) is 6.49. The molecule has 3 rings (SSSR count). The monoisotopic (exact) mass is 446 g/mol. The van der Waals surface area contributed by atoms with E-state index in [9.17, 15) is 18.0 Å². The largest absolute Gasteiger partial charge is 0.495 e. The summed E-state index contributed by atoms with van der Waals surface area (Å²) in [6.45, 7) is -1.59. The molecule has 30 heavy (non-hydrogen) atoms. The van der Waals surface area contributed by atoms with Crippen molar-refractivity contribution in [1.82, 2.24) is 14.9 Å². The number of hydrogen-bond donors (Lipinski definition) is 0. The molecule has 12 heteroatoms. The average Bonchev–Trinajstić information content (AvgIpc) is 2.75. The van der Waals surface area contributed by atoms with Crippen molar-refractivity contribution < 1.29 is 32.2 Å². The predicted octanol–water partition coefficient (Wildman–Crippen LogP) is 3.12. The van der Waals surface area contributed by atoms with E-state index in [1.54, 1.807) is 4.90 Å². The number of benzene rings is 1. The van der Waals surface area contributed by atoms with Crippen LogP contribution in [0.3, 0.4) is 0 Å². The summed E-state index contributed by atoms with van der Waals surface area (Å²) in [7, 11) is 2.40. The number of carbonyl (C=O) groups excluding carboxylic acids is 1. The Morgan fingerprint density at radius 3 is 2.57 bits per heavy atom. The maximum absolute atomic E-state index is 13.9. The zero-order chi connectivity index (χ0) is 21.8. The Balaban J connectivity index is 2.05. The van der Waals surface area contributed by atoms with Gasteiger partial charge in [-0.1, -0.05) is 11.6 Å². The zero-order valence-electron chi connectivity index (χ0n) is 16.1. The molecule has 1 aromatic heterocycles. The molecule has 1 aliphatic heterocycles. The van der Waals surface area contributed by atoms with Crippen LogP contribution >= 0.6 is 11.6 Å². The van der Waals surface area contributed by atoms with Gasteiger partial charge in [0.25, 0.3) is 11.8 Å². The molecule has 0 radical (unpaired) electrons. The second-order valence-electron chi connectivity index (χ2n) is 6.08. The van der Waals surface area contributed by atoms with Crippen LogP contribution in [0.15, 0.2) is 18.3 Å². The van der Waals surface area contributed by atoms with Gasteiger partial charge in [-0.2, -0.15) is 18.2 Å². The molecule has 0 aliphatic carbocycles. The number of anilines is 2. The minimum atomic E-state index is -3.13. The number of aromatic nitrogens is 2. The molecule has 0 unspecified atom stereocenters. The first-order chi connectivity index (χ1) is 14.4. The van der Waals surface area contributed by atoms with Gasteiger partial charge in [0.05, 0.1) is 49.9 Å². The molecular formula is C18H18ClF3N4O4. The molecule has 0 bridgehead atoms. The second kappa shape index (κ2) is 9.35. The van der Waals surface area contributed by atoms with Crippen molar-refractivity contribution in [2.24, 2.45) is 0 Å². The summed E-state index contributed by atoms with van der Waals surface area (Å²) in [5.41, 5.74) is -0.115. The first-order valence-corrected chi connectivity index (χ1v) is 9.13. The quantitative estimate of drug-likeness (QED) is 0.631. The fourth-order valence-corrected chi connectivity index (χ4v) is 3.14. The van der Waals surface area contributed by atoms with Gasteiger partial charge in [-0.05, 0) is 12.1 Å². The topological polar surface area (TPSA) is 77.0 Å². The van der Waals surface area contributed by atoms with Crippen molar-refractivity contribution in [1.29, 1.82) is 0 Å². The van der Waals surface area contributed by atoms with Crippen molar-refractivity contribution in [2.45, 2.75) is 6.55 Å². The van der Waals surface area contributed by atoms with Crippen molar-refractivity contribution >= 4 is 29.1 Å². The number of rotatable bonds is 6. The van der Waals surface area contributed by atoms with Gasteiger partial charge in [0, 0.05) is 13.1 Å². The van der Waals surface area contributed by atoms with E-state index in [1.807, 2.05) is 0 Å². The van der Waals surface area contributed by atoms with E-state index in [1.165, 1.54) is 13.2 Å². The third-order valence-electron chi connectivity index (χ3n) is 4.36. The van der Waals surface area contributed by atoms with Crippen molar-refractivity contribution in [3.63, 3.8) is 0 Å². The molecule has 1 aliphatic rings. The molecule has 2 heterocycles. The maximum Gasteiger partial charge on any atom is 0.321 e. The summed E-state index contributed by atoms with van der Waals surface area (Å²) < 4.78 is 56.6. The molecule has 0 spiro atoms. The lowest BCUT2D eigenvalue weighted by molar-refractivity contribution is 0.0303. The van der Waals surface area contributed by atoms with E-state index in [4.69, 9.17) is 25.8 Å². The zero-order valence-corrected chi connectivity index (χ0v) is 16.8. The highest BCUT2D eigenvalue weighted by atomic mass is 35.5. The van der Waals surface area contributed by atoms with E-state index >= 15 is 0 Å². The predicted molar refractivity (Wildman–Crippen MR) is 101 cm³/mol. The van der Waals surface area contributed by atoms with Crippen molar-refractivity contribution in [3.05, 3.63) is 34.7 Å². The van der Waals surface area contributed by atoms with Crippen molar-refractivity contribution in [3.8, 4) is 11.6 Å². The van der Waals surface area contributed by atoms with Gasteiger partial charge in [-0.15, -0.1) is 0 Å². The van der Waals surface area contributed by atoms with Crippen LogP contribution in [-0.4, -0.2) is 67.8 Å². The van der Waals surface area contributed by atoms with Gasteiger partial charge in [-0.3, -0.25) is 4.79 Å². The molecule has 1 fully saturated rings. The molecule has 2 aromatic rings. The Morgan fingerprint density at radius 2 is 1.97 bits per heavy atom. The summed E-state index contributed by atoms with van der Waals surface area (Å²) in [6, 6.07) is 2.42. The normalized spacial score (nSPS) is 14.0. The maximum atomic E-state index is 13.9. The lowest BCUT2D eigenvalue weighted by atomic mass is 10.1. The van der Waals surface area contributed by atoms with Gasteiger partial charge in [0.2, 0.25) is 11.8 Å². The smallest absolute Gasteiger partial charge is 0.321 e. The fourth-order valence-electron chi connectivity index (χ4n) is 2.90. The molecule has 1 amide bonds. The molecule has 0 atom stereocenters. The van der Waals surface area contributed by atoms with E-state index < -0.39 is 24.2 Å². The number of carbonyl (C=O) groups is 1. The first kappa shape index (κ1) is 21.9. The highest BCUT2D eigenvalue weighted by Gasteiger charge is 2.29. The number of amides is 1. The molecule has 1 saturated heterocycles. The first-order valence-electron chi connectivity index (χ1n) is 8.75. The van der Waals surface area contributed by atoms with Gasteiger partial charge < -0.3 is 19.1 Å². The Hall–Kier alpha value is -2.79. The standard InChI is InChI=1S/C18H18ClF3N4O4/c1-28-14-7-10(16(27)25-3-5-30-6-4-25)11(19)8-13(14)26(17(21)22)18-23-9-12(20)15(24-18)29-2/h7-9,17H,3-6H2,1-2H3. The van der Waals surface area contributed by atoms with Crippen LogP contribution in [0.25, 0.3) is 0 Å². The van der Waals surface area contributed by atoms with Crippen LogP contribution in [0.4, 0.5) is 24.8 Å². The number of morpholine rings is 1. The van der Waals surface area contributed by atoms with Gasteiger partial charge in [0.1, 0.15) is 5.75 Å². The number of hydrogen-bond acceptors (Lipinski definition) is 7. The Bertz CT molecular complexity index is 929. The lowest BCUT2D eigenvalue weighted by Crippen LogP contribution is -2.40. The fraction of sp³-hybridized carbons (Fsp3) is 0.389. The van der Waals surface area contributed by atoms with Gasteiger partial charge in [0.15, 0.2) is 0 Å². The SMILES string of the molecule is COc1cc(C(=O)N2CCOCC2)c(Cl)cc1N(c1ncc(F)c(OC)n1)C(F)F. The Labute approximate surface area is 175 Å². The summed E-state index contributed by atoms with van der Waals surface area (Å²) in [5.74, 6) is -2.40. The average molecular weight is 447 g/mol. The van der Waals surface area contributed by atoms with Crippen molar-refractivity contribution in [2.75, 3.05) is 45.4 Å². The van der Waals surface area contributed by atoms with E-state index in [2.05, 4.69) is 9.97 Å². The number of nitrogens with zero attached hydrogens (tertiary/aromatic N) is 4. The molecule has 162 valence electrons. The molecule has 1 aromatic carbocycles. The number of alkyl halides is 2. The van der Waals surface area contributed by atoms with Crippen LogP contribution in [-0.2, 0) is 4.74 Å². The van der Waals surface area contributed by atoms with Crippen LogP contribution in [0.2, 0.25) is 5.02 Å². The molecule has 8 nitrogen and oxygen atoms in total. The number of methoxy groups -OCH3 is 2. The number of ether oxygens (including phenoxy) is 3. The minimum Gasteiger partial charge on any atom is -0.495 e. The van der Waals surface area contributed by atoms with Crippen LogP contribution in [0.1, 0.15) is 10.4 Å². The molecular weight excluding hydrogens is 429 g/mol. The van der Waals surface area contributed by atoms with E-state index in [-0.39, 0.29) is 27.9 Å².